The number of rotatable bonds is 20. The molecule has 0 aromatic heterocycles. The van der Waals surface area contributed by atoms with Gasteiger partial charge in [0.15, 0.2) is 0 Å². The third kappa shape index (κ3) is 16.5. The maximum absolute atomic E-state index is 12.9. The Hall–Kier alpha value is -3.47. The van der Waals surface area contributed by atoms with E-state index in [0.717, 1.165) is 50.5 Å². The van der Waals surface area contributed by atoms with Gasteiger partial charge in [0, 0.05) is 12.8 Å². The molecule has 0 saturated carbocycles. The number of hydrogen-bond acceptors (Lipinski definition) is 4. The molecule has 0 aliphatic heterocycles. The monoisotopic (exact) mass is 548 g/mol. The lowest BCUT2D eigenvalue weighted by Gasteiger charge is -2.18. The van der Waals surface area contributed by atoms with Crippen LogP contribution >= 0.6 is 0 Å². The van der Waals surface area contributed by atoms with Crippen LogP contribution in [0.4, 0.5) is 0 Å². The highest BCUT2D eigenvalue weighted by Gasteiger charge is 2.26. The number of allylic oxidation sites excluding steroid dienone is 10. The number of aromatic carboxylic acids is 1. The number of esters is 1. The largest absolute Gasteiger partial charge is 0.478 e. The number of carbonyl (C=O) groups excluding carboxylic acids is 2. The number of ketones is 1. The molecule has 0 aliphatic rings. The van der Waals surface area contributed by atoms with Crippen LogP contribution < -0.4 is 4.74 Å². The summed E-state index contributed by atoms with van der Waals surface area (Å²) >= 11 is 0. The third-order valence-electron chi connectivity index (χ3n) is 6.13. The fourth-order valence-corrected chi connectivity index (χ4v) is 4.08. The van der Waals surface area contributed by atoms with E-state index in [1.54, 1.807) is 19.1 Å². The van der Waals surface area contributed by atoms with E-state index in [1.807, 2.05) is 13.8 Å². The molecule has 1 aromatic carbocycles. The second-order valence-corrected chi connectivity index (χ2v) is 10.4. The van der Waals surface area contributed by atoms with E-state index in [2.05, 4.69) is 67.7 Å². The van der Waals surface area contributed by atoms with Crippen LogP contribution in [0.1, 0.15) is 101 Å². The number of carboxylic acids is 1. The average molecular weight is 549 g/mol. The van der Waals surface area contributed by atoms with Crippen molar-refractivity contribution in [2.45, 2.75) is 91.9 Å². The molecule has 5 heteroatoms. The molecule has 0 fully saturated rings. The molecule has 0 saturated heterocycles. The summed E-state index contributed by atoms with van der Waals surface area (Å²) in [4.78, 5) is 37.1. The molecule has 1 atom stereocenters. The normalized spacial score (nSPS) is 13.0. The quantitative estimate of drug-likeness (QED) is 0.0760. The summed E-state index contributed by atoms with van der Waals surface area (Å²) in [5.41, 5.74) is 0.727. The van der Waals surface area contributed by atoms with Gasteiger partial charge in [-0.15, -0.1) is 0 Å². The van der Waals surface area contributed by atoms with Gasteiger partial charge in [-0.05, 0) is 81.9 Å². The van der Waals surface area contributed by atoms with Crippen LogP contribution in [-0.4, -0.2) is 22.8 Å². The number of carbonyl (C=O) groups is 3. The highest BCUT2D eigenvalue weighted by molar-refractivity contribution is 5.92. The Kier molecular flexibility index (Phi) is 18.5. The van der Waals surface area contributed by atoms with Crippen LogP contribution in [0.5, 0.6) is 5.75 Å². The molecule has 0 heterocycles. The minimum Gasteiger partial charge on any atom is -0.478 e. The summed E-state index contributed by atoms with van der Waals surface area (Å²) in [6, 6.07) is 4.63. The molecule has 0 aliphatic carbocycles. The van der Waals surface area contributed by atoms with Crippen molar-refractivity contribution in [3.8, 4) is 5.75 Å². The maximum atomic E-state index is 12.9. The molecule has 1 aromatic rings. The molecular weight excluding hydrogens is 500 g/mol. The lowest BCUT2D eigenvalue weighted by atomic mass is 9.91. The van der Waals surface area contributed by atoms with Crippen LogP contribution in [0, 0.1) is 18.8 Å². The van der Waals surface area contributed by atoms with Gasteiger partial charge in [-0.25, -0.2) is 4.79 Å². The van der Waals surface area contributed by atoms with Crippen LogP contribution in [-0.2, 0) is 9.59 Å². The Morgan fingerprint density at radius 2 is 1.40 bits per heavy atom. The van der Waals surface area contributed by atoms with Crippen molar-refractivity contribution < 1.29 is 24.2 Å². The van der Waals surface area contributed by atoms with Crippen molar-refractivity contribution in [2.24, 2.45) is 11.8 Å². The molecule has 1 rings (SSSR count). The Balaban J connectivity index is 2.38. The van der Waals surface area contributed by atoms with Gasteiger partial charge in [0.2, 0.25) is 0 Å². The zero-order valence-electron chi connectivity index (χ0n) is 24.8. The predicted octanol–water partition coefficient (Wildman–Crippen LogP) is 9.14. The topological polar surface area (TPSA) is 80.7 Å². The molecule has 0 amide bonds. The average Bonchev–Trinajstić information content (AvgIpc) is 2.89. The minimum atomic E-state index is -1.16. The van der Waals surface area contributed by atoms with Crippen molar-refractivity contribution in [3.63, 3.8) is 0 Å². The van der Waals surface area contributed by atoms with Crippen molar-refractivity contribution >= 4 is 17.7 Å². The first-order chi connectivity index (χ1) is 19.2. The SMILES string of the molecule is CC/C=C\C/C=C\C/C=C\C/C=C\C/C=C\CCCC(=O)CC(CC(C)C)C(=O)Oc1cc(C)ccc1C(=O)O. The van der Waals surface area contributed by atoms with E-state index >= 15 is 0 Å². The zero-order valence-corrected chi connectivity index (χ0v) is 24.8. The van der Waals surface area contributed by atoms with Crippen LogP contribution in [0.3, 0.4) is 0 Å². The molecule has 40 heavy (non-hydrogen) atoms. The van der Waals surface area contributed by atoms with Gasteiger partial charge in [0.25, 0.3) is 0 Å². The molecule has 1 N–H and O–H groups in total. The van der Waals surface area contributed by atoms with E-state index in [9.17, 15) is 19.5 Å². The Bertz CT molecular complexity index is 1060. The lowest BCUT2D eigenvalue weighted by molar-refractivity contribution is -0.141. The Labute approximate surface area is 241 Å². The van der Waals surface area contributed by atoms with E-state index < -0.39 is 17.9 Å². The molecule has 218 valence electrons. The number of benzene rings is 1. The summed E-state index contributed by atoms with van der Waals surface area (Å²) < 4.78 is 5.49. The van der Waals surface area contributed by atoms with E-state index in [-0.39, 0.29) is 29.4 Å². The van der Waals surface area contributed by atoms with Crippen LogP contribution in [0.25, 0.3) is 0 Å². The highest BCUT2D eigenvalue weighted by atomic mass is 16.5. The molecular formula is C35H48O5. The van der Waals surface area contributed by atoms with E-state index in [4.69, 9.17) is 4.74 Å². The fourth-order valence-electron chi connectivity index (χ4n) is 4.08. The van der Waals surface area contributed by atoms with Gasteiger partial charge in [-0.1, -0.05) is 87.6 Å². The number of ether oxygens (including phenoxy) is 1. The van der Waals surface area contributed by atoms with Crippen molar-refractivity contribution in [1.29, 1.82) is 0 Å². The third-order valence-corrected chi connectivity index (χ3v) is 6.13. The van der Waals surface area contributed by atoms with Crippen LogP contribution in [0.15, 0.2) is 79.0 Å². The summed E-state index contributed by atoms with van der Waals surface area (Å²) in [6.07, 6.45) is 29.0. The number of hydrogen-bond donors (Lipinski definition) is 1. The zero-order chi connectivity index (χ0) is 29.6. The second kappa shape index (κ2) is 21.4. The highest BCUT2D eigenvalue weighted by Crippen LogP contribution is 2.25. The number of Topliss-reactive ketones (excluding diaryl/α,β-unsaturated/α-hetero) is 1. The van der Waals surface area contributed by atoms with Crippen molar-refractivity contribution in [1.82, 2.24) is 0 Å². The van der Waals surface area contributed by atoms with E-state index in [1.165, 1.54) is 6.07 Å². The van der Waals surface area contributed by atoms with Gasteiger partial charge in [0.05, 0.1) is 5.92 Å². The standard InChI is InChI=1S/C35H48O5/c1-5-6-7-8-9-10-11-12-13-14-15-16-17-18-19-20-21-22-31(36)27-30(25-28(2)3)35(39)40-33-26-29(4)23-24-32(33)34(37)38/h6-7,9-10,12-13,15-16,18-19,23-24,26,28,30H,5,8,11,14,17,20-22,25,27H2,1-4H3,(H,37,38)/b7-6-,10-9-,13-12-,16-15-,19-18-. The Morgan fingerprint density at radius 3 is 1.93 bits per heavy atom. The molecule has 0 spiro atoms. The predicted molar refractivity (Wildman–Crippen MR) is 165 cm³/mol. The smallest absolute Gasteiger partial charge is 0.339 e. The first kappa shape index (κ1) is 34.6. The minimum absolute atomic E-state index is 0.0251. The second-order valence-electron chi connectivity index (χ2n) is 10.4. The van der Waals surface area contributed by atoms with Gasteiger partial charge in [-0.3, -0.25) is 9.59 Å². The lowest BCUT2D eigenvalue weighted by Crippen LogP contribution is -2.25. The fraction of sp³-hybridized carbons (Fsp3) is 0.457. The first-order valence-electron chi connectivity index (χ1n) is 14.6. The van der Waals surface area contributed by atoms with Gasteiger partial charge in [-0.2, -0.15) is 0 Å². The number of carboxylic acid groups (broad SMARTS) is 1. The summed E-state index contributed by atoms with van der Waals surface area (Å²) in [7, 11) is 0. The molecule has 5 nitrogen and oxygen atoms in total. The first-order valence-corrected chi connectivity index (χ1v) is 14.6. The number of unbranched alkanes of at least 4 members (excludes halogenated alkanes) is 1. The van der Waals surface area contributed by atoms with Crippen molar-refractivity contribution in [2.75, 3.05) is 0 Å². The van der Waals surface area contributed by atoms with Gasteiger partial charge < -0.3 is 9.84 Å². The molecule has 0 bridgehead atoms. The molecule has 0 radical (unpaired) electrons. The van der Waals surface area contributed by atoms with Gasteiger partial charge in [0.1, 0.15) is 17.1 Å². The maximum Gasteiger partial charge on any atom is 0.339 e. The van der Waals surface area contributed by atoms with E-state index in [0.29, 0.717) is 12.8 Å². The number of aryl methyl sites for hydroxylation is 1. The summed E-state index contributed by atoms with van der Waals surface area (Å²) in [5.74, 6) is -2.05. The van der Waals surface area contributed by atoms with Crippen molar-refractivity contribution in [3.05, 3.63) is 90.1 Å². The van der Waals surface area contributed by atoms with Gasteiger partial charge >= 0.3 is 11.9 Å². The summed E-state index contributed by atoms with van der Waals surface area (Å²) in [6.45, 7) is 7.91. The molecule has 1 unspecified atom stereocenters. The van der Waals surface area contributed by atoms with Crippen LogP contribution in [0.2, 0.25) is 0 Å². The Morgan fingerprint density at radius 1 is 0.850 bits per heavy atom. The summed E-state index contributed by atoms with van der Waals surface area (Å²) in [5, 5.41) is 9.41.